The van der Waals surface area contributed by atoms with E-state index in [4.69, 9.17) is 14.2 Å². The number of carbonyl (C=O) groups excluding carboxylic acids is 3. The zero-order valence-corrected chi connectivity index (χ0v) is 43.9. The van der Waals surface area contributed by atoms with E-state index in [9.17, 15) is 14.4 Å². The van der Waals surface area contributed by atoms with Crippen LogP contribution < -0.4 is 0 Å². The molecule has 0 fully saturated rings. The lowest BCUT2D eigenvalue weighted by Crippen LogP contribution is -2.30. The highest BCUT2D eigenvalue weighted by molar-refractivity contribution is 5.71. The van der Waals surface area contributed by atoms with Crippen LogP contribution >= 0.6 is 0 Å². The molecule has 0 saturated carbocycles. The molecule has 1 atom stereocenters. The maximum absolute atomic E-state index is 12.8. The van der Waals surface area contributed by atoms with Gasteiger partial charge in [0.15, 0.2) is 6.10 Å². The summed E-state index contributed by atoms with van der Waals surface area (Å²) in [5.74, 6) is -0.966. The average Bonchev–Trinajstić information content (AvgIpc) is 3.33. The van der Waals surface area contributed by atoms with Crippen molar-refractivity contribution in [2.75, 3.05) is 13.2 Å². The van der Waals surface area contributed by atoms with Crippen molar-refractivity contribution in [3.05, 3.63) is 85.1 Å². The standard InChI is InChI=1S/C61H104O6/c1-4-7-10-13-16-19-22-25-28-29-30-31-34-37-40-43-46-49-52-55-61(64)67-58(56-65-59(62)53-50-47-44-41-38-35-32-26-23-20-17-14-11-8-5-2)57-66-60(63)54-51-48-45-42-39-36-33-27-24-21-18-15-12-9-6-3/h16-17,19-20,25-26,28,30-32,37-38,40-41,58H,4-15,18,21-24,27,29,33-36,39,42-57H2,1-3H3/b19-16-,20-17-,28-25-,31-30-,32-26-,40-37-,41-38-/t58-/m1/s1. The van der Waals surface area contributed by atoms with Crippen LogP contribution in [-0.4, -0.2) is 37.2 Å². The predicted molar refractivity (Wildman–Crippen MR) is 288 cm³/mol. The number of esters is 3. The molecular formula is C61H104O6. The first-order chi connectivity index (χ1) is 33.0. The van der Waals surface area contributed by atoms with Crippen LogP contribution in [0.1, 0.15) is 265 Å². The third-order valence-electron chi connectivity index (χ3n) is 11.9. The van der Waals surface area contributed by atoms with E-state index in [2.05, 4.69) is 106 Å². The minimum atomic E-state index is -0.808. The number of rotatable bonds is 50. The minimum Gasteiger partial charge on any atom is -0.462 e. The molecule has 0 aliphatic heterocycles. The van der Waals surface area contributed by atoms with E-state index in [0.29, 0.717) is 12.8 Å². The van der Waals surface area contributed by atoms with Gasteiger partial charge in [-0.25, -0.2) is 0 Å². The molecule has 0 heterocycles. The van der Waals surface area contributed by atoms with E-state index < -0.39 is 6.10 Å². The first-order valence-corrected chi connectivity index (χ1v) is 28.1. The van der Waals surface area contributed by atoms with Gasteiger partial charge in [0.25, 0.3) is 0 Å². The van der Waals surface area contributed by atoms with Gasteiger partial charge >= 0.3 is 17.9 Å². The minimum absolute atomic E-state index is 0.100. The molecule has 67 heavy (non-hydrogen) atoms. The summed E-state index contributed by atoms with van der Waals surface area (Å²) >= 11 is 0. The number of hydrogen-bond donors (Lipinski definition) is 0. The van der Waals surface area contributed by atoms with E-state index in [-0.39, 0.29) is 37.5 Å². The Hall–Kier alpha value is -3.41. The maximum Gasteiger partial charge on any atom is 0.306 e. The number of allylic oxidation sites excluding steroid dienone is 14. The molecule has 0 aromatic rings. The molecule has 0 aromatic heterocycles. The van der Waals surface area contributed by atoms with Crippen LogP contribution in [0.15, 0.2) is 85.1 Å². The Kier molecular flexibility index (Phi) is 52.4. The lowest BCUT2D eigenvalue weighted by Gasteiger charge is -2.18. The Morgan fingerprint density at radius 2 is 0.537 bits per heavy atom. The Morgan fingerprint density at radius 1 is 0.299 bits per heavy atom. The van der Waals surface area contributed by atoms with Crippen molar-refractivity contribution in [3.8, 4) is 0 Å². The molecule has 0 amide bonds. The number of ether oxygens (including phenoxy) is 3. The molecule has 0 aromatic carbocycles. The summed E-state index contributed by atoms with van der Waals surface area (Å²) in [7, 11) is 0. The van der Waals surface area contributed by atoms with Gasteiger partial charge in [0.2, 0.25) is 0 Å². The maximum atomic E-state index is 12.8. The van der Waals surface area contributed by atoms with E-state index in [0.717, 1.165) is 96.3 Å². The molecule has 0 unspecified atom stereocenters. The predicted octanol–water partition coefficient (Wildman–Crippen LogP) is 18.8. The van der Waals surface area contributed by atoms with E-state index in [1.54, 1.807) is 0 Å². The number of hydrogen-bond acceptors (Lipinski definition) is 6. The Labute approximate surface area is 414 Å². The summed E-state index contributed by atoms with van der Waals surface area (Å²) in [5.41, 5.74) is 0. The Balaban J connectivity index is 4.50. The lowest BCUT2D eigenvalue weighted by atomic mass is 10.0. The van der Waals surface area contributed by atoms with Crippen molar-refractivity contribution in [2.24, 2.45) is 0 Å². The molecule has 0 spiro atoms. The third-order valence-corrected chi connectivity index (χ3v) is 11.9. The van der Waals surface area contributed by atoms with Crippen LogP contribution in [0, 0.1) is 0 Å². The van der Waals surface area contributed by atoms with Gasteiger partial charge in [0.1, 0.15) is 13.2 Å². The summed E-state index contributed by atoms with van der Waals surface area (Å²) in [6.07, 6.45) is 71.4. The van der Waals surface area contributed by atoms with Crippen molar-refractivity contribution >= 4 is 17.9 Å². The number of unbranched alkanes of at least 4 members (excludes halogenated alkanes) is 25. The van der Waals surface area contributed by atoms with E-state index in [1.165, 1.54) is 128 Å². The fraction of sp³-hybridized carbons (Fsp3) is 0.721. The zero-order chi connectivity index (χ0) is 48.6. The van der Waals surface area contributed by atoms with Crippen LogP contribution in [0.25, 0.3) is 0 Å². The molecule has 0 N–H and O–H groups in total. The zero-order valence-electron chi connectivity index (χ0n) is 43.9. The monoisotopic (exact) mass is 933 g/mol. The van der Waals surface area contributed by atoms with Gasteiger partial charge in [-0.05, 0) is 103 Å². The quantitative estimate of drug-likeness (QED) is 0.0262. The Bertz CT molecular complexity index is 1300. The molecule has 0 radical (unpaired) electrons. The molecule has 0 aliphatic carbocycles. The van der Waals surface area contributed by atoms with Crippen molar-refractivity contribution in [1.29, 1.82) is 0 Å². The first-order valence-electron chi connectivity index (χ1n) is 28.1. The SMILES string of the molecule is CCCCC/C=C\C/C=C\C/C=C\C/C=C\CCCCCC(=O)O[C@H](COC(=O)CCCC/C=C\C/C=C\C/C=C\CCCCC)COC(=O)CCCCCCCCCCCCCCCCC. The van der Waals surface area contributed by atoms with E-state index >= 15 is 0 Å². The van der Waals surface area contributed by atoms with Crippen molar-refractivity contribution in [1.82, 2.24) is 0 Å². The second kappa shape index (κ2) is 55.2. The molecule has 0 rings (SSSR count). The fourth-order valence-electron chi connectivity index (χ4n) is 7.61. The third kappa shape index (κ3) is 53.4. The van der Waals surface area contributed by atoms with Crippen LogP contribution in [0.2, 0.25) is 0 Å². The van der Waals surface area contributed by atoms with Gasteiger partial charge in [-0.2, -0.15) is 0 Å². The first kappa shape index (κ1) is 63.6. The van der Waals surface area contributed by atoms with Crippen LogP contribution in [0.4, 0.5) is 0 Å². The van der Waals surface area contributed by atoms with Gasteiger partial charge < -0.3 is 14.2 Å². The summed E-state index contributed by atoms with van der Waals surface area (Å²) in [4.78, 5) is 38.1. The second-order valence-corrected chi connectivity index (χ2v) is 18.5. The highest BCUT2D eigenvalue weighted by Crippen LogP contribution is 2.15. The van der Waals surface area contributed by atoms with Gasteiger partial charge in [0.05, 0.1) is 0 Å². The highest BCUT2D eigenvalue weighted by atomic mass is 16.6. The normalized spacial score (nSPS) is 12.7. The van der Waals surface area contributed by atoms with Crippen LogP contribution in [0.5, 0.6) is 0 Å². The topological polar surface area (TPSA) is 78.9 Å². The fourth-order valence-corrected chi connectivity index (χ4v) is 7.61. The average molecular weight is 933 g/mol. The van der Waals surface area contributed by atoms with Gasteiger partial charge in [-0.15, -0.1) is 0 Å². The van der Waals surface area contributed by atoms with Crippen molar-refractivity contribution in [3.63, 3.8) is 0 Å². The lowest BCUT2D eigenvalue weighted by molar-refractivity contribution is -0.167. The molecular weight excluding hydrogens is 829 g/mol. The smallest absolute Gasteiger partial charge is 0.306 e. The van der Waals surface area contributed by atoms with Gasteiger partial charge in [-0.1, -0.05) is 228 Å². The number of carbonyl (C=O) groups is 3. The second-order valence-electron chi connectivity index (χ2n) is 18.5. The van der Waals surface area contributed by atoms with Crippen LogP contribution in [0.3, 0.4) is 0 Å². The molecule has 6 heteroatoms. The van der Waals surface area contributed by atoms with Gasteiger partial charge in [0, 0.05) is 19.3 Å². The van der Waals surface area contributed by atoms with Crippen LogP contribution in [-0.2, 0) is 28.6 Å². The Morgan fingerprint density at radius 3 is 0.896 bits per heavy atom. The van der Waals surface area contributed by atoms with Crippen molar-refractivity contribution in [2.45, 2.75) is 271 Å². The summed E-state index contributed by atoms with van der Waals surface area (Å²) in [5, 5.41) is 0. The highest BCUT2D eigenvalue weighted by Gasteiger charge is 2.19. The molecule has 6 nitrogen and oxygen atoms in total. The molecule has 0 bridgehead atoms. The summed E-state index contributed by atoms with van der Waals surface area (Å²) in [6, 6.07) is 0. The van der Waals surface area contributed by atoms with E-state index in [1.807, 2.05) is 0 Å². The molecule has 0 saturated heterocycles. The molecule has 0 aliphatic rings. The largest absolute Gasteiger partial charge is 0.462 e. The summed E-state index contributed by atoms with van der Waals surface area (Å²) in [6.45, 7) is 6.53. The molecule has 384 valence electrons. The van der Waals surface area contributed by atoms with Gasteiger partial charge in [-0.3, -0.25) is 14.4 Å². The van der Waals surface area contributed by atoms with Crippen molar-refractivity contribution < 1.29 is 28.6 Å². The summed E-state index contributed by atoms with van der Waals surface area (Å²) < 4.78 is 16.8.